The van der Waals surface area contributed by atoms with Gasteiger partial charge in [0, 0.05) is 0 Å². The van der Waals surface area contributed by atoms with E-state index in [1.165, 1.54) is 6.08 Å². The molecule has 0 aliphatic heterocycles. The first-order valence-electron chi connectivity index (χ1n) is 4.84. The van der Waals surface area contributed by atoms with Crippen LogP contribution in [0.3, 0.4) is 0 Å². The lowest BCUT2D eigenvalue weighted by Gasteiger charge is -2.07. The summed E-state index contributed by atoms with van der Waals surface area (Å²) in [5, 5.41) is 2.36. The van der Waals surface area contributed by atoms with E-state index in [0.717, 1.165) is 12.8 Å². The van der Waals surface area contributed by atoms with Crippen molar-refractivity contribution in [2.24, 2.45) is 0 Å². The van der Waals surface area contributed by atoms with Gasteiger partial charge in [-0.15, -0.1) is 11.6 Å². The number of amides is 1. The molecule has 0 aliphatic carbocycles. The molecule has 0 spiro atoms. The zero-order chi connectivity index (χ0) is 11.7. The van der Waals surface area contributed by atoms with Gasteiger partial charge in [-0.1, -0.05) is 19.4 Å². The van der Waals surface area contributed by atoms with E-state index in [9.17, 15) is 9.59 Å². The summed E-state index contributed by atoms with van der Waals surface area (Å²) in [4.78, 5) is 22.3. The Balaban J connectivity index is 4.06. The molecule has 0 rings (SSSR count). The second-order valence-corrected chi connectivity index (χ2v) is 3.14. The van der Waals surface area contributed by atoms with Crippen molar-refractivity contribution in [1.82, 2.24) is 5.32 Å². The van der Waals surface area contributed by atoms with E-state index in [-0.39, 0.29) is 11.6 Å². The van der Waals surface area contributed by atoms with Crippen molar-refractivity contribution < 1.29 is 14.3 Å². The van der Waals surface area contributed by atoms with Gasteiger partial charge < -0.3 is 10.1 Å². The number of allylic oxidation sites excluding steroid dienone is 1. The van der Waals surface area contributed by atoms with Gasteiger partial charge in [-0.05, 0) is 13.3 Å². The maximum Gasteiger partial charge on any atom is 0.354 e. The fourth-order valence-electron chi connectivity index (χ4n) is 0.812. The topological polar surface area (TPSA) is 55.4 Å². The van der Waals surface area contributed by atoms with Crippen molar-refractivity contribution in [2.45, 2.75) is 26.7 Å². The lowest BCUT2D eigenvalue weighted by molar-refractivity contribution is -0.140. The summed E-state index contributed by atoms with van der Waals surface area (Å²) < 4.78 is 4.92. The largest absolute Gasteiger partial charge is 0.461 e. The highest BCUT2D eigenvalue weighted by Gasteiger charge is 2.12. The van der Waals surface area contributed by atoms with Crippen molar-refractivity contribution in [3.8, 4) is 0 Å². The van der Waals surface area contributed by atoms with Crippen LogP contribution in [-0.2, 0) is 14.3 Å². The molecule has 0 unspecified atom stereocenters. The fourth-order valence-corrected chi connectivity index (χ4v) is 0.878. The van der Waals surface area contributed by atoms with E-state index in [4.69, 9.17) is 16.3 Å². The number of carbonyl (C=O) groups excluding carboxylic acids is 2. The normalized spacial score (nSPS) is 11.0. The predicted molar refractivity (Wildman–Crippen MR) is 58.5 cm³/mol. The summed E-state index contributed by atoms with van der Waals surface area (Å²) in [5.41, 5.74) is 0.136. The number of halogens is 1. The number of alkyl halides is 1. The third-order valence-corrected chi connectivity index (χ3v) is 1.88. The van der Waals surface area contributed by atoms with Crippen LogP contribution in [0.15, 0.2) is 11.8 Å². The van der Waals surface area contributed by atoms with Gasteiger partial charge in [0.2, 0.25) is 5.91 Å². The Kier molecular flexibility index (Phi) is 7.72. The first kappa shape index (κ1) is 14.0. The van der Waals surface area contributed by atoms with E-state index in [1.807, 2.05) is 6.92 Å². The molecular formula is C10H16ClNO3. The van der Waals surface area contributed by atoms with E-state index in [2.05, 4.69) is 5.32 Å². The zero-order valence-corrected chi connectivity index (χ0v) is 9.76. The highest BCUT2D eigenvalue weighted by atomic mass is 35.5. The van der Waals surface area contributed by atoms with E-state index in [1.54, 1.807) is 6.92 Å². The van der Waals surface area contributed by atoms with Crippen LogP contribution in [0.5, 0.6) is 0 Å². The van der Waals surface area contributed by atoms with Crippen LogP contribution in [0.25, 0.3) is 0 Å². The fraction of sp³-hybridized carbons (Fsp3) is 0.600. The molecule has 0 aliphatic rings. The summed E-state index contributed by atoms with van der Waals surface area (Å²) in [6, 6.07) is 0. The molecule has 0 saturated carbocycles. The Bertz CT molecular complexity index is 251. The van der Waals surface area contributed by atoms with Gasteiger partial charge in [0.1, 0.15) is 11.6 Å². The van der Waals surface area contributed by atoms with Crippen LogP contribution in [0.1, 0.15) is 26.7 Å². The Hall–Kier alpha value is -1.03. The third kappa shape index (κ3) is 6.12. The molecule has 0 aromatic heterocycles. The Morgan fingerprint density at radius 3 is 2.60 bits per heavy atom. The Morgan fingerprint density at radius 1 is 1.47 bits per heavy atom. The lowest BCUT2D eigenvalue weighted by atomic mass is 10.3. The van der Waals surface area contributed by atoms with Crippen molar-refractivity contribution in [3.63, 3.8) is 0 Å². The molecule has 0 aromatic rings. The molecule has 0 heterocycles. The molecule has 0 bridgehead atoms. The second-order valence-electron chi connectivity index (χ2n) is 2.87. The minimum Gasteiger partial charge on any atom is -0.461 e. The summed E-state index contributed by atoms with van der Waals surface area (Å²) in [7, 11) is 0. The zero-order valence-electron chi connectivity index (χ0n) is 9.01. The SMILES string of the molecule is CC=C(NC(=O)CCl)C(=O)OCCCC. The number of unbranched alkanes of at least 4 members (excludes halogenated alkanes) is 1. The van der Waals surface area contributed by atoms with Gasteiger partial charge >= 0.3 is 5.97 Å². The van der Waals surface area contributed by atoms with Crippen LogP contribution < -0.4 is 5.32 Å². The smallest absolute Gasteiger partial charge is 0.354 e. The molecule has 1 N–H and O–H groups in total. The standard InChI is InChI=1S/C10H16ClNO3/c1-3-5-6-15-10(14)8(4-2)12-9(13)7-11/h4H,3,5-7H2,1-2H3,(H,12,13). The predicted octanol–water partition coefficient (Wildman–Crippen LogP) is 1.59. The lowest BCUT2D eigenvalue weighted by Crippen LogP contribution is -2.29. The van der Waals surface area contributed by atoms with Gasteiger partial charge in [0.15, 0.2) is 0 Å². The van der Waals surface area contributed by atoms with Crippen molar-refractivity contribution in [1.29, 1.82) is 0 Å². The highest BCUT2D eigenvalue weighted by Crippen LogP contribution is 1.97. The maximum atomic E-state index is 11.4. The number of nitrogens with one attached hydrogen (secondary N) is 1. The quantitative estimate of drug-likeness (QED) is 0.328. The number of hydrogen-bond acceptors (Lipinski definition) is 3. The van der Waals surface area contributed by atoms with Gasteiger partial charge in [-0.25, -0.2) is 4.79 Å². The van der Waals surface area contributed by atoms with Crippen molar-refractivity contribution in [3.05, 3.63) is 11.8 Å². The summed E-state index contributed by atoms with van der Waals surface area (Å²) in [5.74, 6) is -1.12. The molecule has 86 valence electrons. The molecule has 0 atom stereocenters. The van der Waals surface area contributed by atoms with Crippen LogP contribution in [0, 0.1) is 0 Å². The molecule has 15 heavy (non-hydrogen) atoms. The monoisotopic (exact) mass is 233 g/mol. The number of rotatable bonds is 6. The summed E-state index contributed by atoms with van der Waals surface area (Å²) >= 11 is 5.29. The van der Waals surface area contributed by atoms with Crippen LogP contribution in [0.2, 0.25) is 0 Å². The van der Waals surface area contributed by atoms with Crippen molar-refractivity contribution >= 4 is 23.5 Å². The highest BCUT2D eigenvalue weighted by molar-refractivity contribution is 6.27. The second kappa shape index (κ2) is 8.29. The van der Waals surface area contributed by atoms with Gasteiger partial charge in [-0.3, -0.25) is 4.79 Å². The number of esters is 1. The molecule has 0 saturated heterocycles. The first-order chi connectivity index (χ1) is 7.15. The van der Waals surface area contributed by atoms with E-state index >= 15 is 0 Å². The number of hydrogen-bond donors (Lipinski definition) is 1. The number of ether oxygens (including phenoxy) is 1. The Labute approximate surface area is 94.6 Å². The minimum absolute atomic E-state index is 0.136. The van der Waals surface area contributed by atoms with Crippen molar-refractivity contribution in [2.75, 3.05) is 12.5 Å². The third-order valence-electron chi connectivity index (χ3n) is 1.64. The molecule has 4 nitrogen and oxygen atoms in total. The molecule has 5 heteroatoms. The van der Waals surface area contributed by atoms with Gasteiger partial charge in [0.25, 0.3) is 0 Å². The molecule has 0 aromatic carbocycles. The molecular weight excluding hydrogens is 218 g/mol. The van der Waals surface area contributed by atoms with Crippen LogP contribution in [-0.4, -0.2) is 24.4 Å². The number of carbonyl (C=O) groups is 2. The average Bonchev–Trinajstić information content (AvgIpc) is 2.25. The molecule has 0 fully saturated rings. The Morgan fingerprint density at radius 2 is 2.13 bits per heavy atom. The average molecular weight is 234 g/mol. The first-order valence-corrected chi connectivity index (χ1v) is 5.38. The molecule has 0 radical (unpaired) electrons. The maximum absolute atomic E-state index is 11.4. The van der Waals surface area contributed by atoms with Crippen LogP contribution in [0.4, 0.5) is 0 Å². The van der Waals surface area contributed by atoms with E-state index in [0.29, 0.717) is 6.61 Å². The minimum atomic E-state index is -0.524. The molecule has 1 amide bonds. The summed E-state index contributed by atoms with van der Waals surface area (Å²) in [6.45, 7) is 4.01. The van der Waals surface area contributed by atoms with Gasteiger partial charge in [0.05, 0.1) is 6.61 Å². The van der Waals surface area contributed by atoms with Gasteiger partial charge in [-0.2, -0.15) is 0 Å². The summed E-state index contributed by atoms with van der Waals surface area (Å²) in [6.07, 6.45) is 3.25. The van der Waals surface area contributed by atoms with Crippen LogP contribution >= 0.6 is 11.6 Å². The van der Waals surface area contributed by atoms with E-state index < -0.39 is 11.9 Å².